The summed E-state index contributed by atoms with van der Waals surface area (Å²) in [6.07, 6.45) is 1.60. The molecule has 0 amide bonds. The second-order valence-electron chi connectivity index (χ2n) is 8.89. The van der Waals surface area contributed by atoms with Gasteiger partial charge in [-0.3, -0.25) is 14.9 Å². The second kappa shape index (κ2) is 9.69. The zero-order chi connectivity index (χ0) is 25.3. The van der Waals surface area contributed by atoms with Crippen molar-refractivity contribution in [1.82, 2.24) is 14.9 Å². The number of carbonyl (C=O) groups excluding carboxylic acids is 2. The van der Waals surface area contributed by atoms with E-state index in [-0.39, 0.29) is 11.6 Å². The Hall–Kier alpha value is -3.79. The molecule has 1 saturated heterocycles. The molecule has 0 bridgehead atoms. The van der Waals surface area contributed by atoms with E-state index >= 15 is 0 Å². The predicted molar refractivity (Wildman–Crippen MR) is 125 cm³/mol. The first-order chi connectivity index (χ1) is 17.3. The van der Waals surface area contributed by atoms with Crippen LogP contribution >= 0.6 is 0 Å². The monoisotopic (exact) mass is 496 g/mol. The van der Waals surface area contributed by atoms with E-state index in [1.54, 1.807) is 24.7 Å². The number of aromatic nitrogens is 2. The first-order valence-electron chi connectivity index (χ1n) is 11.6. The van der Waals surface area contributed by atoms with Crippen molar-refractivity contribution in [3.05, 3.63) is 77.7 Å². The van der Waals surface area contributed by atoms with Crippen molar-refractivity contribution >= 4 is 17.6 Å². The minimum absolute atomic E-state index is 0.0661. The lowest BCUT2D eigenvalue weighted by Gasteiger charge is -2.46. The Morgan fingerprint density at radius 1 is 1.06 bits per heavy atom. The van der Waals surface area contributed by atoms with E-state index < -0.39 is 18.1 Å². The topological polar surface area (TPSA) is 75.6 Å². The molecule has 2 aromatic heterocycles. The van der Waals surface area contributed by atoms with Gasteiger partial charge in [0, 0.05) is 62.1 Å². The first-order valence-corrected chi connectivity index (χ1v) is 11.6. The number of carbonyl (C=O) groups is 2. The van der Waals surface area contributed by atoms with Crippen LogP contribution in [-0.4, -0.2) is 58.7 Å². The van der Waals surface area contributed by atoms with Crippen LogP contribution in [0.15, 0.2) is 61.1 Å². The maximum Gasteiger partial charge on any atom is 0.491 e. The predicted octanol–water partition coefficient (Wildman–Crippen LogP) is 4.03. The molecule has 0 spiro atoms. The van der Waals surface area contributed by atoms with Crippen LogP contribution in [0.25, 0.3) is 11.3 Å². The molecule has 0 unspecified atom stereocenters. The molecule has 1 fully saturated rings. The number of esters is 2. The van der Waals surface area contributed by atoms with E-state index in [9.17, 15) is 22.8 Å². The normalized spacial score (nSPS) is 17.8. The Kier molecular flexibility index (Phi) is 6.44. The molecule has 0 N–H and O–H groups in total. The van der Waals surface area contributed by atoms with Gasteiger partial charge in [0.15, 0.2) is 0 Å². The van der Waals surface area contributed by atoms with E-state index in [0.717, 1.165) is 60.7 Å². The number of ether oxygens (including phenoxy) is 1. The van der Waals surface area contributed by atoms with Crippen LogP contribution in [0, 0.1) is 0 Å². The van der Waals surface area contributed by atoms with Crippen LogP contribution < -0.4 is 4.90 Å². The highest BCUT2D eigenvalue weighted by molar-refractivity contribution is 5.98. The van der Waals surface area contributed by atoms with Crippen LogP contribution in [0.1, 0.15) is 27.9 Å². The fourth-order valence-corrected chi connectivity index (χ4v) is 4.92. The van der Waals surface area contributed by atoms with Crippen molar-refractivity contribution in [3.8, 4) is 11.3 Å². The molecule has 1 atom stereocenters. The maximum absolute atomic E-state index is 12.4. The van der Waals surface area contributed by atoms with Crippen molar-refractivity contribution in [2.24, 2.45) is 0 Å². The SMILES string of the molecule is O=C(OC(=O)C(F)(F)F)c1ccc2c(c1)CC[C@@H]1CN(Cc3cccnc3-c3ccncc3)CCN21. The number of piperazine rings is 1. The Morgan fingerprint density at radius 3 is 2.64 bits per heavy atom. The van der Waals surface area contributed by atoms with Gasteiger partial charge in [-0.1, -0.05) is 6.07 Å². The zero-order valence-corrected chi connectivity index (χ0v) is 19.2. The van der Waals surface area contributed by atoms with Crippen LogP contribution in [0.2, 0.25) is 0 Å². The highest BCUT2D eigenvalue weighted by Crippen LogP contribution is 2.34. The molecule has 3 aromatic rings. The van der Waals surface area contributed by atoms with Crippen LogP contribution in [0.3, 0.4) is 0 Å². The van der Waals surface area contributed by atoms with Gasteiger partial charge < -0.3 is 9.64 Å². The fourth-order valence-electron chi connectivity index (χ4n) is 4.92. The van der Waals surface area contributed by atoms with Crippen LogP contribution in [-0.2, 0) is 22.5 Å². The lowest BCUT2D eigenvalue weighted by atomic mass is 9.92. The minimum Gasteiger partial charge on any atom is -0.383 e. The summed E-state index contributed by atoms with van der Waals surface area (Å²) in [7, 11) is 0. The Bertz CT molecular complexity index is 1280. The molecule has 5 rings (SSSR count). The largest absolute Gasteiger partial charge is 0.491 e. The Balaban J connectivity index is 1.27. The molecule has 0 radical (unpaired) electrons. The van der Waals surface area contributed by atoms with E-state index in [1.807, 2.05) is 18.2 Å². The van der Waals surface area contributed by atoms with Crippen LogP contribution in [0.5, 0.6) is 0 Å². The fraction of sp³-hybridized carbons (Fsp3) is 0.308. The van der Waals surface area contributed by atoms with Gasteiger partial charge >= 0.3 is 18.1 Å². The first kappa shape index (κ1) is 23.9. The van der Waals surface area contributed by atoms with Crippen molar-refractivity contribution in [2.75, 3.05) is 24.5 Å². The maximum atomic E-state index is 12.4. The number of hydrogen-bond acceptors (Lipinski definition) is 7. The molecule has 2 aliphatic heterocycles. The number of alkyl halides is 3. The average molecular weight is 496 g/mol. The van der Waals surface area contributed by atoms with Crippen molar-refractivity contribution in [3.63, 3.8) is 0 Å². The van der Waals surface area contributed by atoms with E-state index in [0.29, 0.717) is 6.42 Å². The number of hydrogen-bond donors (Lipinski definition) is 0. The summed E-state index contributed by atoms with van der Waals surface area (Å²) >= 11 is 0. The third-order valence-electron chi connectivity index (χ3n) is 6.59. The number of aryl methyl sites for hydroxylation is 1. The molecule has 2 aliphatic rings. The van der Waals surface area contributed by atoms with Gasteiger partial charge in [-0.05, 0) is 60.4 Å². The number of halogens is 3. The summed E-state index contributed by atoms with van der Waals surface area (Å²) in [5, 5.41) is 0. The van der Waals surface area contributed by atoms with Crippen molar-refractivity contribution in [1.29, 1.82) is 0 Å². The molecule has 186 valence electrons. The summed E-state index contributed by atoms with van der Waals surface area (Å²) in [6, 6.07) is 12.9. The molecule has 10 heteroatoms. The Labute approximate surface area is 205 Å². The summed E-state index contributed by atoms with van der Waals surface area (Å²) in [4.78, 5) is 36.4. The van der Waals surface area contributed by atoms with Crippen LogP contribution in [0.4, 0.5) is 18.9 Å². The quantitative estimate of drug-likeness (QED) is 0.399. The molecule has 0 aliphatic carbocycles. The van der Waals surface area contributed by atoms with E-state index in [1.165, 1.54) is 12.1 Å². The smallest absolute Gasteiger partial charge is 0.383 e. The summed E-state index contributed by atoms with van der Waals surface area (Å²) in [5.74, 6) is -3.81. The number of anilines is 1. The minimum atomic E-state index is -5.22. The summed E-state index contributed by atoms with van der Waals surface area (Å²) in [6.45, 7) is 3.22. The van der Waals surface area contributed by atoms with Gasteiger partial charge in [-0.25, -0.2) is 9.59 Å². The Morgan fingerprint density at radius 2 is 1.86 bits per heavy atom. The highest BCUT2D eigenvalue weighted by atomic mass is 19.4. The molecule has 36 heavy (non-hydrogen) atoms. The van der Waals surface area contributed by atoms with Gasteiger partial charge in [0.05, 0.1) is 11.3 Å². The molecular weight excluding hydrogens is 473 g/mol. The molecular formula is C26H23F3N4O3. The number of rotatable bonds is 4. The average Bonchev–Trinajstić information content (AvgIpc) is 2.88. The van der Waals surface area contributed by atoms with Gasteiger partial charge in [-0.2, -0.15) is 13.2 Å². The molecule has 1 aromatic carbocycles. The number of fused-ring (bicyclic) bond motifs is 3. The van der Waals surface area contributed by atoms with E-state index in [4.69, 9.17) is 0 Å². The number of pyridine rings is 2. The lowest BCUT2D eigenvalue weighted by molar-refractivity contribution is -0.193. The molecule has 7 nitrogen and oxygen atoms in total. The zero-order valence-electron chi connectivity index (χ0n) is 19.2. The van der Waals surface area contributed by atoms with Gasteiger partial charge in [-0.15, -0.1) is 0 Å². The second-order valence-corrected chi connectivity index (χ2v) is 8.89. The standard InChI is InChI=1S/C26H23F3N4O3/c27-26(28,29)25(35)36-24(34)19-4-6-22-18(14-19)3-5-21-16-32(12-13-33(21)22)15-20-2-1-9-31-23(20)17-7-10-30-11-8-17/h1-2,4,6-11,14,21H,3,5,12-13,15-16H2/t21-/m1/s1. The van der Waals surface area contributed by atoms with Gasteiger partial charge in [0.2, 0.25) is 0 Å². The summed E-state index contributed by atoms with van der Waals surface area (Å²) in [5.41, 5.74) is 4.87. The van der Waals surface area contributed by atoms with Crippen molar-refractivity contribution in [2.45, 2.75) is 31.6 Å². The lowest BCUT2D eigenvalue weighted by Crippen LogP contribution is -2.54. The van der Waals surface area contributed by atoms with Gasteiger partial charge in [0.1, 0.15) is 0 Å². The third kappa shape index (κ3) is 4.94. The van der Waals surface area contributed by atoms with Gasteiger partial charge in [0.25, 0.3) is 0 Å². The van der Waals surface area contributed by atoms with Crippen molar-refractivity contribution < 1.29 is 27.5 Å². The number of nitrogens with zero attached hydrogens (tertiary/aromatic N) is 4. The highest BCUT2D eigenvalue weighted by Gasteiger charge is 2.42. The number of benzene rings is 1. The third-order valence-corrected chi connectivity index (χ3v) is 6.59. The summed E-state index contributed by atoms with van der Waals surface area (Å²) < 4.78 is 41.2. The van der Waals surface area contributed by atoms with E-state index in [2.05, 4.69) is 30.6 Å². The molecule has 0 saturated carbocycles. The molecule has 4 heterocycles.